The lowest BCUT2D eigenvalue weighted by molar-refractivity contribution is 1.21. The van der Waals surface area contributed by atoms with Gasteiger partial charge in [0.05, 0.1) is 4.58 Å². The molecular weight excluding hydrogens is 160 g/mol. The largest absolute Gasteiger partial charge is 0.143 e. The van der Waals surface area contributed by atoms with E-state index in [2.05, 4.69) is 30.6 Å². The molecule has 1 rings (SSSR count). The van der Waals surface area contributed by atoms with E-state index >= 15 is 0 Å². The van der Waals surface area contributed by atoms with Crippen LogP contribution in [0.1, 0.15) is 13.3 Å². The molecule has 2 heteroatoms. The van der Waals surface area contributed by atoms with Gasteiger partial charge in [-0.2, -0.15) is 0 Å². The molecule has 0 amide bonds. The third-order valence-electron chi connectivity index (χ3n) is 1.27. The van der Waals surface area contributed by atoms with Crippen molar-refractivity contribution >= 4 is 23.5 Å². The number of thioether (sulfide) groups is 2. The van der Waals surface area contributed by atoms with E-state index in [0.717, 1.165) is 10.3 Å². The number of rotatable bonds is 3. The summed E-state index contributed by atoms with van der Waals surface area (Å²) in [4.78, 5) is 0. The summed E-state index contributed by atoms with van der Waals surface area (Å²) in [5, 5.41) is 2.20. The molecule has 0 aromatic heterocycles. The van der Waals surface area contributed by atoms with Crippen molar-refractivity contribution in [1.29, 1.82) is 0 Å². The highest BCUT2D eigenvalue weighted by molar-refractivity contribution is 8.18. The fourth-order valence-electron chi connectivity index (χ4n) is 0.732. The molecule has 0 saturated carbocycles. The Bertz CT molecular complexity index is 130. The third-order valence-corrected chi connectivity index (χ3v) is 3.81. The summed E-state index contributed by atoms with van der Waals surface area (Å²) < 4.78 is 0.788. The van der Waals surface area contributed by atoms with Crippen molar-refractivity contribution in [3.8, 4) is 0 Å². The maximum absolute atomic E-state index is 2.25. The van der Waals surface area contributed by atoms with E-state index in [1.54, 1.807) is 0 Å². The van der Waals surface area contributed by atoms with Crippen molar-refractivity contribution in [2.45, 2.75) is 17.9 Å². The molecule has 56 valence electrons. The van der Waals surface area contributed by atoms with Crippen LogP contribution in [0.25, 0.3) is 0 Å². The SMILES string of the molecule is C/C=C\CSC1CC=CS1. The minimum absolute atomic E-state index is 0.788. The summed E-state index contributed by atoms with van der Waals surface area (Å²) in [6.45, 7) is 2.07. The molecule has 10 heavy (non-hydrogen) atoms. The molecule has 0 N–H and O–H groups in total. The Morgan fingerprint density at radius 2 is 2.70 bits per heavy atom. The predicted molar refractivity (Wildman–Crippen MR) is 52.4 cm³/mol. The van der Waals surface area contributed by atoms with Crippen molar-refractivity contribution in [2.75, 3.05) is 5.75 Å². The minimum atomic E-state index is 0.788. The van der Waals surface area contributed by atoms with Gasteiger partial charge in [-0.05, 0) is 18.8 Å². The lowest BCUT2D eigenvalue weighted by Crippen LogP contribution is -1.88. The lowest BCUT2D eigenvalue weighted by Gasteiger charge is -2.03. The molecule has 0 saturated heterocycles. The average molecular weight is 172 g/mol. The fraction of sp³-hybridized carbons (Fsp3) is 0.500. The Hall–Kier alpha value is 0.180. The molecule has 1 atom stereocenters. The van der Waals surface area contributed by atoms with Gasteiger partial charge in [-0.15, -0.1) is 23.5 Å². The zero-order valence-electron chi connectivity index (χ0n) is 6.12. The number of hydrogen-bond donors (Lipinski definition) is 0. The average Bonchev–Trinajstić information content (AvgIpc) is 2.41. The summed E-state index contributed by atoms with van der Waals surface area (Å²) in [5.41, 5.74) is 0. The predicted octanol–water partition coefficient (Wildman–Crippen LogP) is 3.27. The van der Waals surface area contributed by atoms with E-state index in [1.165, 1.54) is 6.42 Å². The van der Waals surface area contributed by atoms with Crippen LogP contribution >= 0.6 is 23.5 Å². The molecule has 0 aromatic carbocycles. The van der Waals surface area contributed by atoms with Gasteiger partial charge in [0.15, 0.2) is 0 Å². The quantitative estimate of drug-likeness (QED) is 0.599. The molecule has 1 unspecified atom stereocenters. The van der Waals surface area contributed by atoms with E-state index in [0.29, 0.717) is 0 Å². The third kappa shape index (κ3) is 2.84. The molecule has 0 bridgehead atoms. The standard InChI is InChI=1S/C8H12S2/c1-2-3-6-9-8-5-4-7-10-8/h2-4,7-8H,5-6H2,1H3/b3-2-. The van der Waals surface area contributed by atoms with E-state index < -0.39 is 0 Å². The second-order valence-corrected chi connectivity index (χ2v) is 4.72. The molecule has 1 aliphatic rings. The Labute approximate surface area is 71.2 Å². The van der Waals surface area contributed by atoms with Gasteiger partial charge in [0, 0.05) is 5.75 Å². The summed E-state index contributed by atoms with van der Waals surface area (Å²) in [5.74, 6) is 1.16. The fourth-order valence-corrected chi connectivity index (χ4v) is 2.86. The van der Waals surface area contributed by atoms with Gasteiger partial charge in [0.25, 0.3) is 0 Å². The normalized spacial score (nSPS) is 24.7. The first-order valence-corrected chi connectivity index (χ1v) is 5.46. The molecule has 1 heterocycles. The van der Waals surface area contributed by atoms with Crippen molar-refractivity contribution in [2.24, 2.45) is 0 Å². The van der Waals surface area contributed by atoms with E-state index in [-0.39, 0.29) is 0 Å². The maximum Gasteiger partial charge on any atom is 0.0581 e. The zero-order valence-corrected chi connectivity index (χ0v) is 7.75. The van der Waals surface area contributed by atoms with Crippen LogP contribution in [0.3, 0.4) is 0 Å². The second kappa shape index (κ2) is 4.91. The first kappa shape index (κ1) is 8.28. The Morgan fingerprint density at radius 1 is 1.80 bits per heavy atom. The van der Waals surface area contributed by atoms with Crippen molar-refractivity contribution in [3.05, 3.63) is 23.6 Å². The Kier molecular flexibility index (Phi) is 4.07. The zero-order chi connectivity index (χ0) is 7.23. The van der Waals surface area contributed by atoms with Crippen LogP contribution in [-0.4, -0.2) is 10.3 Å². The van der Waals surface area contributed by atoms with Crippen molar-refractivity contribution < 1.29 is 0 Å². The highest BCUT2D eigenvalue weighted by Crippen LogP contribution is 2.32. The van der Waals surface area contributed by atoms with Crippen LogP contribution in [0.2, 0.25) is 0 Å². The maximum atomic E-state index is 2.25. The lowest BCUT2D eigenvalue weighted by atomic mass is 10.5. The number of allylic oxidation sites excluding steroid dienone is 2. The summed E-state index contributed by atoms with van der Waals surface area (Å²) >= 11 is 3.96. The van der Waals surface area contributed by atoms with Gasteiger partial charge in [0.1, 0.15) is 0 Å². The molecule has 0 radical (unpaired) electrons. The van der Waals surface area contributed by atoms with Gasteiger partial charge in [-0.1, -0.05) is 18.2 Å². The molecule has 0 nitrogen and oxygen atoms in total. The summed E-state index contributed by atoms with van der Waals surface area (Å²) in [6.07, 6.45) is 7.81. The van der Waals surface area contributed by atoms with Crippen LogP contribution in [0, 0.1) is 0 Å². The van der Waals surface area contributed by atoms with Crippen LogP contribution in [0.4, 0.5) is 0 Å². The molecule has 1 aliphatic heterocycles. The van der Waals surface area contributed by atoms with Gasteiger partial charge < -0.3 is 0 Å². The van der Waals surface area contributed by atoms with Gasteiger partial charge in [-0.25, -0.2) is 0 Å². The highest BCUT2D eigenvalue weighted by Gasteiger charge is 2.08. The van der Waals surface area contributed by atoms with Crippen LogP contribution < -0.4 is 0 Å². The topological polar surface area (TPSA) is 0 Å². The Morgan fingerprint density at radius 3 is 3.30 bits per heavy atom. The first-order valence-electron chi connectivity index (χ1n) is 3.46. The van der Waals surface area contributed by atoms with Crippen molar-refractivity contribution in [1.82, 2.24) is 0 Å². The minimum Gasteiger partial charge on any atom is -0.143 e. The molecule has 0 aliphatic carbocycles. The number of hydrogen-bond acceptors (Lipinski definition) is 2. The van der Waals surface area contributed by atoms with Gasteiger partial charge in [-0.3, -0.25) is 0 Å². The van der Waals surface area contributed by atoms with E-state index in [9.17, 15) is 0 Å². The summed E-state index contributed by atoms with van der Waals surface area (Å²) in [6, 6.07) is 0. The van der Waals surface area contributed by atoms with Crippen LogP contribution in [0.15, 0.2) is 23.6 Å². The van der Waals surface area contributed by atoms with Crippen LogP contribution in [0.5, 0.6) is 0 Å². The highest BCUT2D eigenvalue weighted by atomic mass is 32.2. The molecule has 0 spiro atoms. The van der Waals surface area contributed by atoms with Crippen LogP contribution in [-0.2, 0) is 0 Å². The smallest absolute Gasteiger partial charge is 0.0581 e. The monoisotopic (exact) mass is 172 g/mol. The molecule has 0 fully saturated rings. The van der Waals surface area contributed by atoms with E-state index in [1.807, 2.05) is 23.5 Å². The summed E-state index contributed by atoms with van der Waals surface area (Å²) in [7, 11) is 0. The van der Waals surface area contributed by atoms with E-state index in [4.69, 9.17) is 0 Å². The van der Waals surface area contributed by atoms with Gasteiger partial charge >= 0.3 is 0 Å². The van der Waals surface area contributed by atoms with Gasteiger partial charge in [0.2, 0.25) is 0 Å². The van der Waals surface area contributed by atoms with Crippen molar-refractivity contribution in [3.63, 3.8) is 0 Å². The Balaban J connectivity index is 2.03. The first-order chi connectivity index (χ1) is 4.93. The molecular formula is C8H12S2. The second-order valence-electron chi connectivity index (χ2n) is 2.08. The molecule has 0 aromatic rings.